The summed E-state index contributed by atoms with van der Waals surface area (Å²) in [7, 11) is 0. The van der Waals surface area contributed by atoms with Crippen molar-refractivity contribution >= 4 is 27.5 Å². The zero-order chi connectivity index (χ0) is 13.0. The SMILES string of the molecule is CCN(C(=O)c1ncccc1Br)c1ccncc1. The van der Waals surface area contributed by atoms with E-state index < -0.39 is 0 Å². The van der Waals surface area contributed by atoms with Crippen molar-refractivity contribution in [1.29, 1.82) is 0 Å². The second-order valence-electron chi connectivity index (χ2n) is 3.59. The van der Waals surface area contributed by atoms with Gasteiger partial charge in [0, 0.05) is 35.3 Å². The Balaban J connectivity index is 2.35. The number of nitrogens with zero attached hydrogens (tertiary/aromatic N) is 3. The van der Waals surface area contributed by atoms with Crippen LogP contribution < -0.4 is 4.90 Å². The lowest BCUT2D eigenvalue weighted by molar-refractivity contribution is 0.0982. The maximum absolute atomic E-state index is 12.4. The van der Waals surface area contributed by atoms with Crippen molar-refractivity contribution in [3.05, 3.63) is 53.0 Å². The van der Waals surface area contributed by atoms with Gasteiger partial charge in [0.15, 0.2) is 0 Å². The van der Waals surface area contributed by atoms with Gasteiger partial charge in [-0.1, -0.05) is 0 Å². The van der Waals surface area contributed by atoms with Gasteiger partial charge in [0.2, 0.25) is 0 Å². The molecule has 0 saturated carbocycles. The Morgan fingerprint density at radius 1 is 1.28 bits per heavy atom. The summed E-state index contributed by atoms with van der Waals surface area (Å²) in [6, 6.07) is 7.20. The summed E-state index contributed by atoms with van der Waals surface area (Å²) < 4.78 is 0.697. The van der Waals surface area contributed by atoms with Gasteiger partial charge in [0.1, 0.15) is 5.69 Å². The molecule has 0 atom stereocenters. The standard InChI is InChI=1S/C13H12BrN3O/c1-2-17(10-5-8-15-9-6-10)13(18)12-11(14)4-3-7-16-12/h3-9H,2H2,1H3. The first kappa shape index (κ1) is 12.7. The summed E-state index contributed by atoms with van der Waals surface area (Å²) in [6.45, 7) is 2.50. The van der Waals surface area contributed by atoms with E-state index in [9.17, 15) is 4.79 Å². The Morgan fingerprint density at radius 2 is 2.00 bits per heavy atom. The number of anilines is 1. The molecule has 0 aliphatic carbocycles. The Labute approximate surface area is 114 Å². The topological polar surface area (TPSA) is 46.1 Å². The number of hydrogen-bond acceptors (Lipinski definition) is 3. The fraction of sp³-hybridized carbons (Fsp3) is 0.154. The van der Waals surface area contributed by atoms with Crippen molar-refractivity contribution in [1.82, 2.24) is 9.97 Å². The summed E-state index contributed by atoms with van der Waals surface area (Å²) in [6.07, 6.45) is 4.94. The van der Waals surface area contributed by atoms with E-state index in [2.05, 4.69) is 25.9 Å². The molecule has 18 heavy (non-hydrogen) atoms. The van der Waals surface area contributed by atoms with Crippen molar-refractivity contribution in [2.75, 3.05) is 11.4 Å². The van der Waals surface area contributed by atoms with E-state index in [-0.39, 0.29) is 5.91 Å². The molecule has 0 spiro atoms. The zero-order valence-corrected chi connectivity index (χ0v) is 11.5. The molecule has 0 bridgehead atoms. The highest BCUT2D eigenvalue weighted by molar-refractivity contribution is 9.10. The molecule has 0 radical (unpaired) electrons. The summed E-state index contributed by atoms with van der Waals surface area (Å²) in [5.41, 5.74) is 1.23. The Morgan fingerprint density at radius 3 is 2.61 bits per heavy atom. The fourth-order valence-corrected chi connectivity index (χ4v) is 2.06. The van der Waals surface area contributed by atoms with Gasteiger partial charge in [0.05, 0.1) is 0 Å². The number of carbonyl (C=O) groups is 1. The van der Waals surface area contributed by atoms with Crippen molar-refractivity contribution in [3.63, 3.8) is 0 Å². The zero-order valence-electron chi connectivity index (χ0n) is 9.88. The molecule has 0 unspecified atom stereocenters. The molecule has 2 rings (SSSR count). The number of carbonyl (C=O) groups excluding carboxylic acids is 1. The van der Waals surface area contributed by atoms with Crippen LogP contribution in [0.15, 0.2) is 47.3 Å². The second kappa shape index (κ2) is 5.73. The minimum absolute atomic E-state index is 0.129. The van der Waals surface area contributed by atoms with Crippen LogP contribution >= 0.6 is 15.9 Å². The van der Waals surface area contributed by atoms with Gasteiger partial charge in [-0.3, -0.25) is 9.78 Å². The van der Waals surface area contributed by atoms with Gasteiger partial charge < -0.3 is 4.90 Å². The van der Waals surface area contributed by atoms with Crippen molar-refractivity contribution in [2.24, 2.45) is 0 Å². The van der Waals surface area contributed by atoms with Crippen LogP contribution in [-0.2, 0) is 0 Å². The highest BCUT2D eigenvalue weighted by Gasteiger charge is 2.19. The quantitative estimate of drug-likeness (QED) is 0.876. The highest BCUT2D eigenvalue weighted by atomic mass is 79.9. The van der Waals surface area contributed by atoms with Crippen LogP contribution in [0.4, 0.5) is 5.69 Å². The first-order valence-electron chi connectivity index (χ1n) is 5.56. The number of pyridine rings is 2. The number of amides is 1. The summed E-state index contributed by atoms with van der Waals surface area (Å²) >= 11 is 3.34. The van der Waals surface area contributed by atoms with Gasteiger partial charge in [-0.15, -0.1) is 0 Å². The van der Waals surface area contributed by atoms with E-state index in [4.69, 9.17) is 0 Å². The first-order valence-corrected chi connectivity index (χ1v) is 6.35. The van der Waals surface area contributed by atoms with Crippen molar-refractivity contribution in [2.45, 2.75) is 6.92 Å². The lowest BCUT2D eigenvalue weighted by Crippen LogP contribution is -2.31. The van der Waals surface area contributed by atoms with Crippen LogP contribution in [0.5, 0.6) is 0 Å². The summed E-state index contributed by atoms with van der Waals surface area (Å²) in [5, 5.41) is 0. The largest absolute Gasteiger partial charge is 0.307 e. The lowest BCUT2D eigenvalue weighted by atomic mass is 10.2. The molecular formula is C13H12BrN3O. The lowest BCUT2D eigenvalue weighted by Gasteiger charge is -2.20. The molecule has 2 heterocycles. The molecule has 2 aromatic rings. The Bertz CT molecular complexity index is 545. The van der Waals surface area contributed by atoms with Gasteiger partial charge >= 0.3 is 0 Å². The van der Waals surface area contributed by atoms with Crippen LogP contribution in [0, 0.1) is 0 Å². The molecule has 5 heteroatoms. The minimum atomic E-state index is -0.129. The third kappa shape index (κ3) is 2.56. The van der Waals surface area contributed by atoms with Crippen molar-refractivity contribution < 1.29 is 4.79 Å². The van der Waals surface area contributed by atoms with Gasteiger partial charge in [0.25, 0.3) is 5.91 Å². The average Bonchev–Trinajstić information content (AvgIpc) is 2.41. The van der Waals surface area contributed by atoms with Gasteiger partial charge in [-0.25, -0.2) is 4.98 Å². The average molecular weight is 306 g/mol. The summed E-state index contributed by atoms with van der Waals surface area (Å²) in [5.74, 6) is -0.129. The number of rotatable bonds is 3. The molecule has 0 aliphatic rings. The smallest absolute Gasteiger partial charge is 0.278 e. The molecule has 2 aromatic heterocycles. The molecule has 0 fully saturated rings. The third-order valence-corrected chi connectivity index (χ3v) is 3.14. The van der Waals surface area contributed by atoms with E-state index in [1.807, 2.05) is 6.92 Å². The predicted octanol–water partition coefficient (Wildman–Crippen LogP) is 2.91. The maximum Gasteiger partial charge on any atom is 0.278 e. The van der Waals surface area contributed by atoms with Crippen LogP contribution in [0.25, 0.3) is 0 Å². The van der Waals surface area contributed by atoms with Gasteiger partial charge in [-0.05, 0) is 47.1 Å². The number of aromatic nitrogens is 2. The summed E-state index contributed by atoms with van der Waals surface area (Å²) in [4.78, 5) is 22.1. The van der Waals surface area contributed by atoms with Crippen molar-refractivity contribution in [3.8, 4) is 0 Å². The van der Waals surface area contributed by atoms with E-state index in [1.54, 1.807) is 47.8 Å². The highest BCUT2D eigenvalue weighted by Crippen LogP contribution is 2.19. The molecule has 92 valence electrons. The maximum atomic E-state index is 12.4. The molecule has 0 aliphatic heterocycles. The monoisotopic (exact) mass is 305 g/mol. The predicted molar refractivity (Wildman–Crippen MR) is 73.5 cm³/mol. The molecule has 1 amide bonds. The molecule has 0 aromatic carbocycles. The van der Waals surface area contributed by atoms with Crippen LogP contribution in [-0.4, -0.2) is 22.4 Å². The third-order valence-electron chi connectivity index (χ3n) is 2.50. The second-order valence-corrected chi connectivity index (χ2v) is 4.44. The minimum Gasteiger partial charge on any atom is -0.307 e. The van der Waals surface area contributed by atoms with E-state index in [0.717, 1.165) is 5.69 Å². The Kier molecular flexibility index (Phi) is 4.04. The Hall–Kier alpha value is -1.75. The number of hydrogen-bond donors (Lipinski definition) is 0. The van der Waals surface area contributed by atoms with E-state index >= 15 is 0 Å². The van der Waals surface area contributed by atoms with Crippen LogP contribution in [0.3, 0.4) is 0 Å². The van der Waals surface area contributed by atoms with Gasteiger partial charge in [-0.2, -0.15) is 0 Å². The van der Waals surface area contributed by atoms with Crippen LogP contribution in [0.2, 0.25) is 0 Å². The van der Waals surface area contributed by atoms with Crippen LogP contribution in [0.1, 0.15) is 17.4 Å². The molecular weight excluding hydrogens is 294 g/mol. The molecule has 0 N–H and O–H groups in total. The number of halogens is 1. The van der Waals surface area contributed by atoms with E-state index in [0.29, 0.717) is 16.7 Å². The van der Waals surface area contributed by atoms with E-state index in [1.165, 1.54) is 0 Å². The first-order chi connectivity index (χ1) is 8.74. The fourth-order valence-electron chi connectivity index (χ4n) is 1.64. The molecule has 0 saturated heterocycles. The normalized spacial score (nSPS) is 10.1. The molecule has 4 nitrogen and oxygen atoms in total.